The van der Waals surface area contributed by atoms with Crippen LogP contribution in [0.15, 0.2) is 6.33 Å². The van der Waals surface area contributed by atoms with E-state index < -0.39 is 0 Å². The first-order chi connectivity index (χ1) is 7.31. The molecule has 2 rings (SSSR count). The Bertz CT molecular complexity index is 316. The Morgan fingerprint density at radius 3 is 2.93 bits per heavy atom. The fourth-order valence-corrected chi connectivity index (χ4v) is 2.45. The van der Waals surface area contributed by atoms with Gasteiger partial charge in [-0.2, -0.15) is 0 Å². The maximum Gasteiger partial charge on any atom is 0.150 e. The molecule has 0 radical (unpaired) electrons. The Labute approximate surface area is 95.8 Å². The highest BCUT2D eigenvalue weighted by molar-refractivity contribution is 6.30. The summed E-state index contributed by atoms with van der Waals surface area (Å²) in [5.74, 6) is 0.769. The second kappa shape index (κ2) is 4.99. The molecule has 0 unspecified atom stereocenters. The third-order valence-electron chi connectivity index (χ3n) is 3.18. The Hall–Kier alpha value is -0.540. The minimum atomic E-state index is 0.690. The van der Waals surface area contributed by atoms with Gasteiger partial charge in [-0.15, -0.1) is 0 Å². The third kappa shape index (κ3) is 2.52. The third-order valence-corrected chi connectivity index (χ3v) is 3.49. The Kier molecular flexibility index (Phi) is 3.65. The fraction of sp³-hybridized carbons (Fsp3) is 0.727. The number of aromatic nitrogens is 2. The van der Waals surface area contributed by atoms with Crippen molar-refractivity contribution in [2.75, 3.05) is 13.1 Å². The number of imidazole rings is 1. The molecule has 15 heavy (non-hydrogen) atoms. The highest BCUT2D eigenvalue weighted by Gasteiger charge is 2.17. The van der Waals surface area contributed by atoms with Crippen LogP contribution in [0.3, 0.4) is 0 Å². The van der Waals surface area contributed by atoms with Crippen LogP contribution in [0.5, 0.6) is 0 Å². The molecule has 3 nitrogen and oxygen atoms in total. The largest absolute Gasteiger partial charge is 0.333 e. The first kappa shape index (κ1) is 11.0. The van der Waals surface area contributed by atoms with Crippen LogP contribution < -0.4 is 5.32 Å². The number of piperidine rings is 1. The van der Waals surface area contributed by atoms with E-state index in [1.54, 1.807) is 0 Å². The lowest BCUT2D eigenvalue weighted by Crippen LogP contribution is -2.29. The first-order valence-corrected chi connectivity index (χ1v) is 6.09. The van der Waals surface area contributed by atoms with E-state index >= 15 is 0 Å². The molecule has 4 heteroatoms. The molecule has 1 aromatic heterocycles. The van der Waals surface area contributed by atoms with Gasteiger partial charge in [-0.1, -0.05) is 11.6 Å². The SMILES string of the molecule is CCn1cnc(Cl)c1CC1CCNCC1. The van der Waals surface area contributed by atoms with Crippen molar-refractivity contribution in [2.24, 2.45) is 5.92 Å². The highest BCUT2D eigenvalue weighted by atomic mass is 35.5. The number of halogens is 1. The first-order valence-electron chi connectivity index (χ1n) is 5.71. The molecule has 1 aliphatic heterocycles. The average Bonchev–Trinajstić information content (AvgIpc) is 2.62. The summed E-state index contributed by atoms with van der Waals surface area (Å²) in [5, 5.41) is 4.07. The molecular formula is C11H18ClN3. The van der Waals surface area contributed by atoms with Gasteiger partial charge in [0.25, 0.3) is 0 Å². The Balaban J connectivity index is 2.04. The molecule has 0 aromatic carbocycles. The second-order valence-corrected chi connectivity index (χ2v) is 4.52. The summed E-state index contributed by atoms with van der Waals surface area (Å²) in [5.41, 5.74) is 1.21. The van der Waals surface area contributed by atoms with Gasteiger partial charge in [0, 0.05) is 6.54 Å². The van der Waals surface area contributed by atoms with Crippen molar-refractivity contribution < 1.29 is 0 Å². The number of hydrogen-bond donors (Lipinski definition) is 1. The van der Waals surface area contributed by atoms with Crippen molar-refractivity contribution in [1.29, 1.82) is 0 Å². The van der Waals surface area contributed by atoms with E-state index in [9.17, 15) is 0 Å². The highest BCUT2D eigenvalue weighted by Crippen LogP contribution is 2.22. The molecule has 1 aromatic rings. The molecule has 1 fully saturated rings. The molecule has 0 saturated carbocycles. The summed E-state index contributed by atoms with van der Waals surface area (Å²) >= 11 is 6.10. The summed E-state index contributed by atoms with van der Waals surface area (Å²) in [6.07, 6.45) is 5.43. The molecule has 1 N–H and O–H groups in total. The molecule has 1 aliphatic rings. The summed E-state index contributed by atoms with van der Waals surface area (Å²) in [7, 11) is 0. The van der Waals surface area contributed by atoms with Crippen LogP contribution in [0.1, 0.15) is 25.5 Å². The number of rotatable bonds is 3. The van der Waals surface area contributed by atoms with Gasteiger partial charge < -0.3 is 9.88 Å². The van der Waals surface area contributed by atoms with Crippen molar-refractivity contribution >= 4 is 11.6 Å². The summed E-state index contributed by atoms with van der Waals surface area (Å²) < 4.78 is 2.16. The molecule has 0 bridgehead atoms. The van der Waals surface area contributed by atoms with Gasteiger partial charge >= 0.3 is 0 Å². The molecular weight excluding hydrogens is 210 g/mol. The van der Waals surface area contributed by atoms with Crippen LogP contribution >= 0.6 is 11.6 Å². The van der Waals surface area contributed by atoms with Gasteiger partial charge in [0.2, 0.25) is 0 Å². The van der Waals surface area contributed by atoms with E-state index in [-0.39, 0.29) is 0 Å². The van der Waals surface area contributed by atoms with Gasteiger partial charge in [0.15, 0.2) is 0 Å². The van der Waals surface area contributed by atoms with Gasteiger partial charge in [-0.25, -0.2) is 4.98 Å². The molecule has 0 spiro atoms. The predicted octanol–water partition coefficient (Wildman–Crippen LogP) is 2.10. The minimum Gasteiger partial charge on any atom is -0.333 e. The monoisotopic (exact) mass is 227 g/mol. The molecule has 84 valence electrons. The molecule has 0 atom stereocenters. The second-order valence-electron chi connectivity index (χ2n) is 4.17. The quantitative estimate of drug-likeness (QED) is 0.857. The van der Waals surface area contributed by atoms with Gasteiger partial charge in [0.05, 0.1) is 12.0 Å². The van der Waals surface area contributed by atoms with E-state index in [0.717, 1.165) is 32.0 Å². The summed E-state index contributed by atoms with van der Waals surface area (Å²) in [6.45, 7) is 5.37. The standard InChI is InChI=1S/C11H18ClN3/c1-2-15-8-14-11(12)10(15)7-9-3-5-13-6-4-9/h8-9,13H,2-7H2,1H3. The molecule has 1 saturated heterocycles. The van der Waals surface area contributed by atoms with Crippen LogP contribution in [0.25, 0.3) is 0 Å². The van der Waals surface area contributed by atoms with E-state index in [1.165, 1.54) is 18.5 Å². The smallest absolute Gasteiger partial charge is 0.150 e. The zero-order valence-corrected chi connectivity index (χ0v) is 9.93. The molecule has 0 aliphatic carbocycles. The van der Waals surface area contributed by atoms with E-state index in [2.05, 4.69) is 21.8 Å². The summed E-state index contributed by atoms with van der Waals surface area (Å²) in [6, 6.07) is 0. The number of aryl methyl sites for hydroxylation is 1. The lowest BCUT2D eigenvalue weighted by molar-refractivity contribution is 0.366. The van der Waals surface area contributed by atoms with Gasteiger partial charge in [-0.3, -0.25) is 0 Å². The van der Waals surface area contributed by atoms with Crippen molar-refractivity contribution in [2.45, 2.75) is 32.7 Å². The van der Waals surface area contributed by atoms with Crippen LogP contribution in [0.4, 0.5) is 0 Å². The number of hydrogen-bond acceptors (Lipinski definition) is 2. The average molecular weight is 228 g/mol. The predicted molar refractivity (Wildman–Crippen MR) is 62.2 cm³/mol. The van der Waals surface area contributed by atoms with Crippen LogP contribution in [0, 0.1) is 5.92 Å². The van der Waals surface area contributed by atoms with Gasteiger partial charge in [-0.05, 0) is 45.2 Å². The van der Waals surface area contributed by atoms with Crippen LogP contribution in [-0.2, 0) is 13.0 Å². The number of nitrogens with one attached hydrogen (secondary N) is 1. The topological polar surface area (TPSA) is 29.9 Å². The number of nitrogens with zero attached hydrogens (tertiary/aromatic N) is 2. The fourth-order valence-electron chi connectivity index (χ4n) is 2.22. The maximum atomic E-state index is 6.10. The molecule has 2 heterocycles. The Morgan fingerprint density at radius 2 is 2.27 bits per heavy atom. The van der Waals surface area contributed by atoms with Gasteiger partial charge in [0.1, 0.15) is 5.15 Å². The lowest BCUT2D eigenvalue weighted by atomic mass is 9.93. The lowest BCUT2D eigenvalue weighted by Gasteiger charge is -2.22. The van der Waals surface area contributed by atoms with Crippen LogP contribution in [-0.4, -0.2) is 22.6 Å². The van der Waals surface area contributed by atoms with Crippen molar-refractivity contribution in [3.05, 3.63) is 17.2 Å². The zero-order chi connectivity index (χ0) is 10.7. The maximum absolute atomic E-state index is 6.10. The van der Waals surface area contributed by atoms with E-state index in [4.69, 9.17) is 11.6 Å². The summed E-state index contributed by atoms with van der Waals surface area (Å²) in [4.78, 5) is 4.17. The zero-order valence-electron chi connectivity index (χ0n) is 9.17. The van der Waals surface area contributed by atoms with Crippen LogP contribution in [0.2, 0.25) is 5.15 Å². The van der Waals surface area contributed by atoms with E-state index in [0.29, 0.717) is 5.15 Å². The normalized spacial score (nSPS) is 18.3. The van der Waals surface area contributed by atoms with E-state index in [1.807, 2.05) is 6.33 Å². The van der Waals surface area contributed by atoms with Crippen molar-refractivity contribution in [1.82, 2.24) is 14.9 Å². The van der Waals surface area contributed by atoms with Crippen molar-refractivity contribution in [3.63, 3.8) is 0 Å². The minimum absolute atomic E-state index is 0.690. The Morgan fingerprint density at radius 1 is 1.53 bits per heavy atom. The molecule has 0 amide bonds. The van der Waals surface area contributed by atoms with Crippen molar-refractivity contribution in [3.8, 4) is 0 Å².